The molecule has 2 aromatic rings. The maximum atomic E-state index is 9.96. The minimum Gasteiger partial charge on any atom is -0.388 e. The predicted octanol–water partition coefficient (Wildman–Crippen LogP) is 3.68. The zero-order valence-electron chi connectivity index (χ0n) is 9.71. The topological polar surface area (TPSA) is 33.1 Å². The van der Waals surface area contributed by atoms with E-state index in [0.717, 1.165) is 21.8 Å². The Bertz CT molecular complexity index is 473. The molecule has 2 rings (SSSR count). The third-order valence-corrected chi connectivity index (χ3v) is 3.64. The molecule has 1 aromatic carbocycles. The van der Waals surface area contributed by atoms with E-state index < -0.39 is 0 Å². The first-order valence-electron chi connectivity index (χ1n) is 5.66. The standard InChI is InChI=1S/C14H15NOS/c1-2-13(16)12-5-3-4-6-14(12)17-11-7-9-15-10-8-11/h3-10,13,16H,2H2,1H3/t13-/m0/s1. The minimum absolute atomic E-state index is 0.388. The average molecular weight is 245 g/mol. The lowest BCUT2D eigenvalue weighted by Gasteiger charge is -2.13. The number of aliphatic hydroxyl groups is 1. The molecule has 17 heavy (non-hydrogen) atoms. The summed E-state index contributed by atoms with van der Waals surface area (Å²) in [5, 5.41) is 9.96. The van der Waals surface area contributed by atoms with E-state index in [1.807, 2.05) is 43.3 Å². The molecule has 1 aromatic heterocycles. The quantitative estimate of drug-likeness (QED) is 0.892. The molecule has 0 amide bonds. The van der Waals surface area contributed by atoms with Crippen LogP contribution < -0.4 is 0 Å². The van der Waals surface area contributed by atoms with Gasteiger partial charge in [-0.3, -0.25) is 4.98 Å². The van der Waals surface area contributed by atoms with Gasteiger partial charge in [0, 0.05) is 22.2 Å². The molecule has 0 spiro atoms. The van der Waals surface area contributed by atoms with Crippen LogP contribution in [0.1, 0.15) is 25.0 Å². The Morgan fingerprint density at radius 2 is 1.88 bits per heavy atom. The number of hydrogen-bond acceptors (Lipinski definition) is 3. The Hall–Kier alpha value is -1.32. The fraction of sp³-hybridized carbons (Fsp3) is 0.214. The van der Waals surface area contributed by atoms with Gasteiger partial charge in [0.05, 0.1) is 6.10 Å². The van der Waals surface area contributed by atoms with Crippen molar-refractivity contribution in [2.24, 2.45) is 0 Å². The van der Waals surface area contributed by atoms with E-state index >= 15 is 0 Å². The maximum absolute atomic E-state index is 9.96. The normalized spacial score (nSPS) is 12.4. The summed E-state index contributed by atoms with van der Waals surface area (Å²) in [4.78, 5) is 6.24. The van der Waals surface area contributed by atoms with E-state index in [1.54, 1.807) is 24.2 Å². The van der Waals surface area contributed by atoms with E-state index in [9.17, 15) is 5.11 Å². The molecule has 0 unspecified atom stereocenters. The predicted molar refractivity (Wildman–Crippen MR) is 70.1 cm³/mol. The molecule has 2 nitrogen and oxygen atoms in total. The van der Waals surface area contributed by atoms with Crippen molar-refractivity contribution >= 4 is 11.8 Å². The average Bonchev–Trinajstić information content (AvgIpc) is 2.40. The second-order valence-electron chi connectivity index (χ2n) is 3.75. The number of benzene rings is 1. The van der Waals surface area contributed by atoms with Gasteiger partial charge in [0.15, 0.2) is 0 Å². The van der Waals surface area contributed by atoms with E-state index in [1.165, 1.54) is 0 Å². The molecule has 88 valence electrons. The van der Waals surface area contributed by atoms with Gasteiger partial charge in [0.2, 0.25) is 0 Å². The van der Waals surface area contributed by atoms with Crippen molar-refractivity contribution in [3.05, 3.63) is 54.4 Å². The van der Waals surface area contributed by atoms with E-state index in [4.69, 9.17) is 0 Å². The molecule has 0 radical (unpaired) electrons. The lowest BCUT2D eigenvalue weighted by molar-refractivity contribution is 0.171. The Morgan fingerprint density at radius 1 is 1.18 bits per heavy atom. The first kappa shape index (κ1) is 12.1. The molecular formula is C14H15NOS. The highest BCUT2D eigenvalue weighted by Crippen LogP contribution is 2.33. The van der Waals surface area contributed by atoms with E-state index in [-0.39, 0.29) is 6.10 Å². The fourth-order valence-corrected chi connectivity index (χ4v) is 2.58. The van der Waals surface area contributed by atoms with Gasteiger partial charge in [0.1, 0.15) is 0 Å². The Labute approximate surface area is 106 Å². The largest absolute Gasteiger partial charge is 0.388 e. The minimum atomic E-state index is -0.388. The summed E-state index contributed by atoms with van der Waals surface area (Å²) < 4.78 is 0. The molecule has 0 aliphatic rings. The highest BCUT2D eigenvalue weighted by atomic mass is 32.2. The van der Waals surface area contributed by atoms with Gasteiger partial charge in [-0.2, -0.15) is 0 Å². The molecule has 1 N–H and O–H groups in total. The van der Waals surface area contributed by atoms with Crippen molar-refractivity contribution in [2.45, 2.75) is 29.2 Å². The molecule has 1 atom stereocenters. The highest BCUT2D eigenvalue weighted by Gasteiger charge is 2.10. The summed E-state index contributed by atoms with van der Waals surface area (Å²) in [6.45, 7) is 1.98. The Balaban J connectivity index is 2.27. The number of pyridine rings is 1. The Morgan fingerprint density at radius 3 is 2.59 bits per heavy atom. The summed E-state index contributed by atoms with van der Waals surface area (Å²) in [7, 11) is 0. The molecule has 0 aliphatic carbocycles. The van der Waals surface area contributed by atoms with Crippen LogP contribution in [0.3, 0.4) is 0 Å². The van der Waals surface area contributed by atoms with E-state index in [2.05, 4.69) is 4.98 Å². The smallest absolute Gasteiger partial charge is 0.0798 e. The van der Waals surface area contributed by atoms with Gasteiger partial charge in [0.25, 0.3) is 0 Å². The summed E-state index contributed by atoms with van der Waals surface area (Å²) in [5.74, 6) is 0. The molecule has 0 aliphatic heterocycles. The van der Waals surface area contributed by atoms with Gasteiger partial charge >= 0.3 is 0 Å². The van der Waals surface area contributed by atoms with Gasteiger partial charge < -0.3 is 5.11 Å². The first-order chi connectivity index (χ1) is 8.31. The molecule has 0 saturated carbocycles. The van der Waals surface area contributed by atoms with Gasteiger partial charge in [-0.25, -0.2) is 0 Å². The monoisotopic (exact) mass is 245 g/mol. The van der Waals surface area contributed by atoms with Crippen LogP contribution >= 0.6 is 11.8 Å². The van der Waals surface area contributed by atoms with Crippen LogP contribution in [-0.4, -0.2) is 10.1 Å². The summed E-state index contributed by atoms with van der Waals surface area (Å²) in [6, 6.07) is 11.9. The molecule has 0 bridgehead atoms. The number of aliphatic hydroxyl groups excluding tert-OH is 1. The highest BCUT2D eigenvalue weighted by molar-refractivity contribution is 7.99. The molecule has 3 heteroatoms. The van der Waals surface area contributed by atoms with Crippen LogP contribution in [0, 0.1) is 0 Å². The summed E-state index contributed by atoms with van der Waals surface area (Å²) >= 11 is 1.66. The van der Waals surface area contributed by atoms with Crippen LogP contribution in [0.15, 0.2) is 58.6 Å². The summed E-state index contributed by atoms with van der Waals surface area (Å²) in [5.41, 5.74) is 0.997. The van der Waals surface area contributed by atoms with Crippen molar-refractivity contribution < 1.29 is 5.11 Å². The van der Waals surface area contributed by atoms with Crippen LogP contribution in [0.2, 0.25) is 0 Å². The van der Waals surface area contributed by atoms with Crippen LogP contribution in [0.5, 0.6) is 0 Å². The van der Waals surface area contributed by atoms with Crippen molar-refractivity contribution in [3.8, 4) is 0 Å². The number of hydrogen-bond donors (Lipinski definition) is 1. The van der Waals surface area contributed by atoms with Crippen LogP contribution in [0.4, 0.5) is 0 Å². The zero-order valence-corrected chi connectivity index (χ0v) is 10.5. The molecular weight excluding hydrogens is 230 g/mol. The molecule has 1 heterocycles. The van der Waals surface area contributed by atoms with Crippen molar-refractivity contribution in [3.63, 3.8) is 0 Å². The number of aromatic nitrogens is 1. The van der Waals surface area contributed by atoms with Crippen LogP contribution in [0.25, 0.3) is 0 Å². The summed E-state index contributed by atoms with van der Waals surface area (Å²) in [6.07, 6.45) is 3.90. The Kier molecular flexibility index (Phi) is 4.18. The third-order valence-electron chi connectivity index (χ3n) is 2.54. The number of rotatable bonds is 4. The molecule has 0 saturated heterocycles. The second-order valence-corrected chi connectivity index (χ2v) is 4.86. The van der Waals surface area contributed by atoms with Crippen molar-refractivity contribution in [1.29, 1.82) is 0 Å². The van der Waals surface area contributed by atoms with Gasteiger partial charge in [-0.05, 0) is 30.2 Å². The molecule has 0 fully saturated rings. The number of nitrogens with zero attached hydrogens (tertiary/aromatic N) is 1. The van der Waals surface area contributed by atoms with Crippen molar-refractivity contribution in [1.82, 2.24) is 4.98 Å². The van der Waals surface area contributed by atoms with Crippen molar-refractivity contribution in [2.75, 3.05) is 0 Å². The fourth-order valence-electron chi connectivity index (χ4n) is 1.60. The van der Waals surface area contributed by atoms with E-state index in [0.29, 0.717) is 0 Å². The zero-order chi connectivity index (χ0) is 12.1. The SMILES string of the molecule is CC[C@H](O)c1ccccc1Sc1ccncc1. The third kappa shape index (κ3) is 3.08. The second kappa shape index (κ2) is 5.84. The maximum Gasteiger partial charge on any atom is 0.0798 e. The van der Waals surface area contributed by atoms with Crippen LogP contribution in [-0.2, 0) is 0 Å². The lowest BCUT2D eigenvalue weighted by Crippen LogP contribution is -1.96. The first-order valence-corrected chi connectivity index (χ1v) is 6.47. The lowest BCUT2D eigenvalue weighted by atomic mass is 10.1. The van der Waals surface area contributed by atoms with Gasteiger partial charge in [-0.1, -0.05) is 36.9 Å². The van der Waals surface area contributed by atoms with Gasteiger partial charge in [-0.15, -0.1) is 0 Å².